The zero-order chi connectivity index (χ0) is 13.1. The average Bonchev–Trinajstić information content (AvgIpc) is 2.73. The molecule has 2 aromatic rings. The zero-order valence-electron chi connectivity index (χ0n) is 9.64. The Bertz CT molecular complexity index is 583. The normalized spacial score (nSPS) is 10.3. The van der Waals surface area contributed by atoms with E-state index in [0.717, 1.165) is 4.88 Å². The summed E-state index contributed by atoms with van der Waals surface area (Å²) in [6.45, 7) is 2.60. The summed E-state index contributed by atoms with van der Waals surface area (Å²) in [6, 6.07) is 8.65. The van der Waals surface area contributed by atoms with Gasteiger partial charge in [0.05, 0.1) is 4.92 Å². The lowest BCUT2D eigenvalue weighted by molar-refractivity contribution is -0.383. The number of nitrogens with zero attached hydrogens (tertiary/aromatic N) is 1. The van der Waals surface area contributed by atoms with Crippen LogP contribution in [0.15, 0.2) is 30.3 Å². The highest BCUT2D eigenvalue weighted by Gasteiger charge is 2.13. The van der Waals surface area contributed by atoms with Crippen LogP contribution in [0.2, 0.25) is 5.02 Å². The fraction of sp³-hybridized carbons (Fsp3) is 0.167. The topological polar surface area (TPSA) is 55.2 Å². The number of aryl methyl sites for hydroxylation is 1. The molecule has 4 nitrogen and oxygen atoms in total. The molecule has 0 atom stereocenters. The molecule has 1 N–H and O–H groups in total. The number of nitrogens with one attached hydrogen (secondary N) is 1. The molecule has 1 aromatic heterocycles. The van der Waals surface area contributed by atoms with Gasteiger partial charge in [0, 0.05) is 27.4 Å². The first-order chi connectivity index (χ1) is 8.56. The summed E-state index contributed by atoms with van der Waals surface area (Å²) in [6.07, 6.45) is 0. The van der Waals surface area contributed by atoms with Crippen LogP contribution in [-0.2, 0) is 6.54 Å². The quantitative estimate of drug-likeness (QED) is 0.674. The lowest BCUT2D eigenvalue weighted by Gasteiger charge is -2.05. The van der Waals surface area contributed by atoms with Crippen molar-refractivity contribution in [1.29, 1.82) is 0 Å². The molecule has 0 saturated heterocycles. The lowest BCUT2D eigenvalue weighted by atomic mass is 10.2. The second-order valence-corrected chi connectivity index (χ2v) is 5.59. The highest BCUT2D eigenvalue weighted by Crippen LogP contribution is 2.28. The summed E-state index contributed by atoms with van der Waals surface area (Å²) in [4.78, 5) is 12.8. The molecule has 0 amide bonds. The number of anilines is 1. The standard InChI is InChI=1S/C12H11ClN2O2S/c1-8-2-4-10(18-8)7-14-11-5-3-9(13)6-12(11)15(16)17/h2-6,14H,7H2,1H3. The lowest BCUT2D eigenvalue weighted by Crippen LogP contribution is -2.01. The van der Waals surface area contributed by atoms with Crippen LogP contribution in [0.3, 0.4) is 0 Å². The third-order valence-electron chi connectivity index (χ3n) is 2.41. The van der Waals surface area contributed by atoms with Gasteiger partial charge in [0.1, 0.15) is 5.69 Å². The molecular weight excluding hydrogens is 272 g/mol. The van der Waals surface area contributed by atoms with E-state index in [9.17, 15) is 10.1 Å². The van der Waals surface area contributed by atoms with Gasteiger partial charge in [0.15, 0.2) is 0 Å². The van der Waals surface area contributed by atoms with E-state index in [1.54, 1.807) is 23.5 Å². The van der Waals surface area contributed by atoms with Gasteiger partial charge in [-0.3, -0.25) is 10.1 Å². The Labute approximate surface area is 113 Å². The van der Waals surface area contributed by atoms with Crippen LogP contribution in [0.1, 0.15) is 9.75 Å². The van der Waals surface area contributed by atoms with E-state index in [0.29, 0.717) is 17.3 Å². The Morgan fingerprint density at radius 1 is 1.39 bits per heavy atom. The smallest absolute Gasteiger partial charge is 0.293 e. The van der Waals surface area contributed by atoms with Crippen molar-refractivity contribution < 1.29 is 4.92 Å². The Balaban J connectivity index is 2.16. The van der Waals surface area contributed by atoms with Crippen LogP contribution in [0.25, 0.3) is 0 Å². The highest BCUT2D eigenvalue weighted by molar-refractivity contribution is 7.11. The number of halogens is 1. The average molecular weight is 283 g/mol. The van der Waals surface area contributed by atoms with Gasteiger partial charge in [-0.2, -0.15) is 0 Å². The zero-order valence-corrected chi connectivity index (χ0v) is 11.2. The van der Waals surface area contributed by atoms with Crippen molar-refractivity contribution in [3.05, 3.63) is 55.2 Å². The van der Waals surface area contributed by atoms with Gasteiger partial charge < -0.3 is 5.32 Å². The van der Waals surface area contributed by atoms with Crippen molar-refractivity contribution in [2.75, 3.05) is 5.32 Å². The number of hydrogen-bond acceptors (Lipinski definition) is 4. The molecule has 18 heavy (non-hydrogen) atoms. The number of hydrogen-bond donors (Lipinski definition) is 1. The Morgan fingerprint density at radius 2 is 2.17 bits per heavy atom. The number of benzene rings is 1. The van der Waals surface area contributed by atoms with Crippen molar-refractivity contribution in [2.45, 2.75) is 13.5 Å². The number of nitro benzene ring substituents is 1. The number of nitro groups is 1. The summed E-state index contributed by atoms with van der Waals surface area (Å²) in [7, 11) is 0. The predicted molar refractivity (Wildman–Crippen MR) is 74.5 cm³/mol. The fourth-order valence-electron chi connectivity index (χ4n) is 1.57. The van der Waals surface area contributed by atoms with E-state index in [-0.39, 0.29) is 5.69 Å². The second-order valence-electron chi connectivity index (χ2n) is 3.78. The van der Waals surface area contributed by atoms with Crippen LogP contribution >= 0.6 is 22.9 Å². The summed E-state index contributed by atoms with van der Waals surface area (Å²) >= 11 is 7.42. The van der Waals surface area contributed by atoms with Crippen molar-refractivity contribution in [3.8, 4) is 0 Å². The highest BCUT2D eigenvalue weighted by atomic mass is 35.5. The van der Waals surface area contributed by atoms with Crippen molar-refractivity contribution in [2.24, 2.45) is 0 Å². The first-order valence-corrected chi connectivity index (χ1v) is 6.49. The third kappa shape index (κ3) is 3.00. The van der Waals surface area contributed by atoms with Crippen molar-refractivity contribution in [3.63, 3.8) is 0 Å². The van der Waals surface area contributed by atoms with Gasteiger partial charge in [0.2, 0.25) is 0 Å². The molecule has 94 valence electrons. The summed E-state index contributed by atoms with van der Waals surface area (Å²) in [5.74, 6) is 0. The molecule has 6 heteroatoms. The van der Waals surface area contributed by atoms with Crippen LogP contribution < -0.4 is 5.32 Å². The van der Waals surface area contributed by atoms with Gasteiger partial charge >= 0.3 is 0 Å². The maximum absolute atomic E-state index is 10.9. The molecule has 1 aromatic carbocycles. The minimum atomic E-state index is -0.437. The monoisotopic (exact) mass is 282 g/mol. The molecule has 0 saturated carbocycles. The van der Waals surface area contributed by atoms with E-state index in [1.165, 1.54) is 10.9 Å². The fourth-order valence-corrected chi connectivity index (χ4v) is 2.56. The number of rotatable bonds is 4. The van der Waals surface area contributed by atoms with Gasteiger partial charge in [-0.15, -0.1) is 11.3 Å². The van der Waals surface area contributed by atoms with Gasteiger partial charge in [-0.25, -0.2) is 0 Å². The summed E-state index contributed by atoms with van der Waals surface area (Å²) in [5, 5.41) is 14.3. The van der Waals surface area contributed by atoms with Gasteiger partial charge in [-0.05, 0) is 31.2 Å². The molecule has 1 heterocycles. The van der Waals surface area contributed by atoms with E-state index in [4.69, 9.17) is 11.6 Å². The third-order valence-corrected chi connectivity index (χ3v) is 3.64. The summed E-state index contributed by atoms with van der Waals surface area (Å²) in [5.41, 5.74) is 0.478. The van der Waals surface area contributed by atoms with Gasteiger partial charge in [0.25, 0.3) is 5.69 Å². The van der Waals surface area contributed by atoms with E-state index < -0.39 is 4.92 Å². The Kier molecular flexibility index (Phi) is 3.84. The van der Waals surface area contributed by atoms with E-state index in [1.807, 2.05) is 19.1 Å². The first kappa shape index (κ1) is 12.9. The number of thiophene rings is 1. The van der Waals surface area contributed by atoms with Crippen molar-refractivity contribution in [1.82, 2.24) is 0 Å². The molecule has 2 rings (SSSR count). The summed E-state index contributed by atoms with van der Waals surface area (Å²) < 4.78 is 0. The maximum atomic E-state index is 10.9. The molecule has 0 aliphatic heterocycles. The van der Waals surface area contributed by atoms with Gasteiger partial charge in [-0.1, -0.05) is 11.6 Å². The van der Waals surface area contributed by atoms with Crippen LogP contribution in [0, 0.1) is 17.0 Å². The second kappa shape index (κ2) is 5.37. The molecule has 0 unspecified atom stereocenters. The maximum Gasteiger partial charge on any atom is 0.293 e. The molecule has 0 spiro atoms. The predicted octanol–water partition coefficient (Wildman–Crippen LogP) is 4.23. The Hall–Kier alpha value is -1.59. The van der Waals surface area contributed by atoms with Crippen LogP contribution in [0.5, 0.6) is 0 Å². The van der Waals surface area contributed by atoms with Crippen LogP contribution in [-0.4, -0.2) is 4.92 Å². The largest absolute Gasteiger partial charge is 0.375 e. The Morgan fingerprint density at radius 3 is 2.78 bits per heavy atom. The molecule has 0 aliphatic carbocycles. The molecule has 0 radical (unpaired) electrons. The SMILES string of the molecule is Cc1ccc(CNc2ccc(Cl)cc2[N+](=O)[O-])s1. The van der Waals surface area contributed by atoms with E-state index in [2.05, 4.69) is 5.32 Å². The minimum Gasteiger partial charge on any atom is -0.375 e. The molecular formula is C12H11ClN2O2S. The minimum absolute atomic E-state index is 0.00391. The van der Waals surface area contributed by atoms with Crippen molar-refractivity contribution >= 4 is 34.3 Å². The molecule has 0 fully saturated rings. The molecule has 0 aliphatic rings. The first-order valence-electron chi connectivity index (χ1n) is 5.29. The van der Waals surface area contributed by atoms with Crippen LogP contribution in [0.4, 0.5) is 11.4 Å². The molecule has 0 bridgehead atoms. The van der Waals surface area contributed by atoms with E-state index >= 15 is 0 Å².